The maximum atomic E-state index is 12.3. The first kappa shape index (κ1) is 16.6. The molecule has 25 heavy (non-hydrogen) atoms. The zero-order chi connectivity index (χ0) is 17.3. The molecular formula is C20H20N4O. The summed E-state index contributed by atoms with van der Waals surface area (Å²) in [7, 11) is 0. The Morgan fingerprint density at radius 1 is 0.920 bits per heavy atom. The molecule has 0 saturated carbocycles. The van der Waals surface area contributed by atoms with Crippen molar-refractivity contribution < 1.29 is 4.79 Å². The fourth-order valence-corrected chi connectivity index (χ4v) is 2.42. The topological polar surface area (TPSA) is 66.9 Å². The molecule has 3 rings (SSSR count). The van der Waals surface area contributed by atoms with Crippen molar-refractivity contribution in [3.63, 3.8) is 0 Å². The van der Waals surface area contributed by atoms with Crippen molar-refractivity contribution in [2.24, 2.45) is 0 Å². The zero-order valence-corrected chi connectivity index (χ0v) is 13.9. The van der Waals surface area contributed by atoms with Crippen molar-refractivity contribution in [3.05, 3.63) is 89.9 Å². The van der Waals surface area contributed by atoms with Crippen LogP contribution in [-0.4, -0.2) is 22.4 Å². The van der Waals surface area contributed by atoms with Gasteiger partial charge in [0.25, 0.3) is 5.91 Å². The summed E-state index contributed by atoms with van der Waals surface area (Å²) in [5.74, 6) is 0.556. The van der Waals surface area contributed by atoms with Gasteiger partial charge in [0, 0.05) is 24.5 Å². The molecule has 0 radical (unpaired) electrons. The Hall–Kier alpha value is -3.21. The van der Waals surface area contributed by atoms with E-state index < -0.39 is 0 Å². The third kappa shape index (κ3) is 5.14. The molecule has 0 bridgehead atoms. The van der Waals surface area contributed by atoms with E-state index >= 15 is 0 Å². The Balaban J connectivity index is 1.52. The molecule has 3 aromatic rings. The monoisotopic (exact) mass is 332 g/mol. The number of hydrogen-bond acceptors (Lipinski definition) is 4. The van der Waals surface area contributed by atoms with Crippen LogP contribution < -0.4 is 10.6 Å². The highest BCUT2D eigenvalue weighted by Crippen LogP contribution is 2.08. The van der Waals surface area contributed by atoms with Crippen LogP contribution in [0.4, 0.5) is 5.82 Å². The lowest BCUT2D eigenvalue weighted by molar-refractivity contribution is 0.0954. The van der Waals surface area contributed by atoms with E-state index in [-0.39, 0.29) is 5.91 Å². The molecule has 5 nitrogen and oxygen atoms in total. The predicted molar refractivity (Wildman–Crippen MR) is 98.3 cm³/mol. The summed E-state index contributed by atoms with van der Waals surface area (Å²) < 4.78 is 0. The molecule has 1 amide bonds. The van der Waals surface area contributed by atoms with Crippen LogP contribution in [-0.2, 0) is 13.0 Å². The SMILES string of the molecule is O=C(NCCc1ccccc1)c1ccnc(NCc2ccccn2)c1. The molecule has 1 aromatic carbocycles. The van der Waals surface area contributed by atoms with Gasteiger partial charge in [-0.25, -0.2) is 4.98 Å². The number of nitrogens with one attached hydrogen (secondary N) is 2. The van der Waals surface area contributed by atoms with Crippen LogP contribution in [0.1, 0.15) is 21.6 Å². The van der Waals surface area contributed by atoms with Crippen LogP contribution in [0, 0.1) is 0 Å². The largest absolute Gasteiger partial charge is 0.364 e. The van der Waals surface area contributed by atoms with Crippen LogP contribution >= 0.6 is 0 Å². The number of amides is 1. The van der Waals surface area contributed by atoms with Gasteiger partial charge in [-0.15, -0.1) is 0 Å². The van der Waals surface area contributed by atoms with Crippen LogP contribution in [0.2, 0.25) is 0 Å². The maximum absolute atomic E-state index is 12.3. The van der Waals surface area contributed by atoms with E-state index in [9.17, 15) is 4.79 Å². The molecule has 2 N–H and O–H groups in total. The van der Waals surface area contributed by atoms with Crippen molar-refractivity contribution >= 4 is 11.7 Å². The van der Waals surface area contributed by atoms with Crippen molar-refractivity contribution in [2.75, 3.05) is 11.9 Å². The molecule has 0 saturated heterocycles. The average molecular weight is 332 g/mol. The molecule has 0 fully saturated rings. The molecule has 0 aliphatic heterocycles. The number of anilines is 1. The Morgan fingerprint density at radius 2 is 1.76 bits per heavy atom. The minimum Gasteiger partial charge on any atom is -0.364 e. The Bertz CT molecular complexity index is 806. The van der Waals surface area contributed by atoms with E-state index in [1.807, 2.05) is 36.4 Å². The van der Waals surface area contributed by atoms with Crippen LogP contribution in [0.5, 0.6) is 0 Å². The minimum atomic E-state index is -0.0979. The Kier molecular flexibility index (Phi) is 5.72. The molecule has 2 aromatic heterocycles. The smallest absolute Gasteiger partial charge is 0.251 e. The van der Waals surface area contributed by atoms with E-state index in [1.54, 1.807) is 24.5 Å². The summed E-state index contributed by atoms with van der Waals surface area (Å²) in [6.07, 6.45) is 4.19. The summed E-state index contributed by atoms with van der Waals surface area (Å²) >= 11 is 0. The van der Waals surface area contributed by atoms with Gasteiger partial charge in [0.1, 0.15) is 5.82 Å². The molecule has 0 spiro atoms. The van der Waals surface area contributed by atoms with Gasteiger partial charge in [0.2, 0.25) is 0 Å². The summed E-state index contributed by atoms with van der Waals surface area (Å²) in [6, 6.07) is 19.3. The van der Waals surface area contributed by atoms with E-state index in [2.05, 4.69) is 32.7 Å². The summed E-state index contributed by atoms with van der Waals surface area (Å²) in [6.45, 7) is 1.16. The first-order chi connectivity index (χ1) is 12.3. The number of hydrogen-bond donors (Lipinski definition) is 2. The lowest BCUT2D eigenvalue weighted by Crippen LogP contribution is -2.25. The Morgan fingerprint density at radius 3 is 2.56 bits per heavy atom. The van der Waals surface area contributed by atoms with E-state index in [4.69, 9.17) is 0 Å². The quantitative estimate of drug-likeness (QED) is 0.698. The van der Waals surface area contributed by atoms with E-state index in [0.717, 1.165) is 12.1 Å². The Labute approximate surface area is 147 Å². The lowest BCUT2D eigenvalue weighted by atomic mass is 10.1. The van der Waals surface area contributed by atoms with Crippen molar-refractivity contribution in [1.29, 1.82) is 0 Å². The lowest BCUT2D eigenvalue weighted by Gasteiger charge is -2.08. The number of carbonyl (C=O) groups excluding carboxylic acids is 1. The van der Waals surface area contributed by atoms with Crippen molar-refractivity contribution in [1.82, 2.24) is 15.3 Å². The highest BCUT2D eigenvalue weighted by molar-refractivity contribution is 5.94. The summed E-state index contributed by atoms with van der Waals surface area (Å²) in [5, 5.41) is 6.13. The number of rotatable bonds is 7. The first-order valence-corrected chi connectivity index (χ1v) is 8.23. The van der Waals surface area contributed by atoms with Crippen molar-refractivity contribution in [2.45, 2.75) is 13.0 Å². The molecule has 0 unspecified atom stereocenters. The van der Waals surface area contributed by atoms with Gasteiger partial charge in [-0.05, 0) is 36.2 Å². The van der Waals surface area contributed by atoms with Gasteiger partial charge in [-0.2, -0.15) is 0 Å². The van der Waals surface area contributed by atoms with Crippen molar-refractivity contribution in [3.8, 4) is 0 Å². The number of aromatic nitrogens is 2. The minimum absolute atomic E-state index is 0.0979. The fraction of sp³-hybridized carbons (Fsp3) is 0.150. The normalized spacial score (nSPS) is 10.2. The zero-order valence-electron chi connectivity index (χ0n) is 13.9. The van der Waals surface area contributed by atoms with Gasteiger partial charge in [-0.3, -0.25) is 9.78 Å². The van der Waals surface area contributed by atoms with Gasteiger partial charge in [-0.1, -0.05) is 36.4 Å². The molecule has 0 atom stereocenters. The fourth-order valence-electron chi connectivity index (χ4n) is 2.42. The van der Waals surface area contributed by atoms with Gasteiger partial charge in [0.05, 0.1) is 12.2 Å². The maximum Gasteiger partial charge on any atom is 0.251 e. The summed E-state index contributed by atoms with van der Waals surface area (Å²) in [5.41, 5.74) is 2.71. The molecule has 0 aliphatic carbocycles. The molecule has 5 heteroatoms. The van der Waals surface area contributed by atoms with E-state index in [1.165, 1.54) is 5.56 Å². The third-order valence-corrected chi connectivity index (χ3v) is 3.74. The summed E-state index contributed by atoms with van der Waals surface area (Å²) in [4.78, 5) is 20.8. The second-order valence-corrected chi connectivity index (χ2v) is 5.60. The van der Waals surface area contributed by atoms with Gasteiger partial charge in [0.15, 0.2) is 0 Å². The number of benzene rings is 1. The van der Waals surface area contributed by atoms with Crippen LogP contribution in [0.3, 0.4) is 0 Å². The first-order valence-electron chi connectivity index (χ1n) is 8.23. The molecular weight excluding hydrogens is 312 g/mol. The third-order valence-electron chi connectivity index (χ3n) is 3.74. The molecule has 0 aliphatic rings. The van der Waals surface area contributed by atoms with Gasteiger partial charge < -0.3 is 10.6 Å². The highest BCUT2D eigenvalue weighted by atomic mass is 16.1. The van der Waals surface area contributed by atoms with Crippen LogP contribution in [0.25, 0.3) is 0 Å². The second-order valence-electron chi connectivity index (χ2n) is 5.60. The number of nitrogens with zero attached hydrogens (tertiary/aromatic N) is 2. The second kappa shape index (κ2) is 8.59. The predicted octanol–water partition coefficient (Wildman–Crippen LogP) is 3.06. The molecule has 2 heterocycles. The van der Waals surface area contributed by atoms with Gasteiger partial charge >= 0.3 is 0 Å². The van der Waals surface area contributed by atoms with E-state index in [0.29, 0.717) is 24.5 Å². The highest BCUT2D eigenvalue weighted by Gasteiger charge is 2.06. The molecule has 126 valence electrons. The van der Waals surface area contributed by atoms with Crippen LogP contribution in [0.15, 0.2) is 73.1 Å². The standard InChI is InChI=1S/C20H20N4O/c25-20(23-12-9-16-6-2-1-3-7-16)17-10-13-22-19(14-17)24-15-18-8-4-5-11-21-18/h1-8,10-11,13-14H,9,12,15H2,(H,22,24)(H,23,25). The average Bonchev–Trinajstić information content (AvgIpc) is 2.68. The number of pyridine rings is 2. The number of carbonyl (C=O) groups is 1.